The molecular formula is C25H23BrN6O5. The Hall–Kier alpha value is -4.42. The number of nitrogens with one attached hydrogen (secondary N) is 4. The molecule has 0 saturated heterocycles. The zero-order valence-corrected chi connectivity index (χ0v) is 21.5. The molecule has 12 heteroatoms. The molecule has 0 bridgehead atoms. The van der Waals surface area contributed by atoms with Crippen LogP contribution < -0.4 is 26.2 Å². The fraction of sp³-hybridized carbons (Fsp3) is 0.120. The highest BCUT2D eigenvalue weighted by molar-refractivity contribution is 9.10. The van der Waals surface area contributed by atoms with Crippen LogP contribution in [0.25, 0.3) is 5.69 Å². The number of pyridine rings is 1. The number of hydrogen-bond donors (Lipinski definition) is 4. The number of amides is 3. The lowest BCUT2D eigenvalue weighted by molar-refractivity contribution is -0.119. The van der Waals surface area contributed by atoms with Crippen molar-refractivity contribution >= 4 is 45.2 Å². The number of halogens is 1. The molecule has 0 unspecified atom stereocenters. The molecule has 0 atom stereocenters. The van der Waals surface area contributed by atoms with E-state index in [1.165, 1.54) is 24.1 Å². The number of carbonyl (C=O) groups excluding carboxylic acids is 2. The van der Waals surface area contributed by atoms with Crippen molar-refractivity contribution in [2.75, 3.05) is 29.7 Å². The van der Waals surface area contributed by atoms with E-state index >= 15 is 0 Å². The Morgan fingerprint density at radius 1 is 1.03 bits per heavy atom. The number of ether oxygens (including phenoxy) is 2. The van der Waals surface area contributed by atoms with Crippen LogP contribution in [0.5, 0.6) is 11.5 Å². The lowest BCUT2D eigenvalue weighted by atomic mass is 10.2. The third-order valence-corrected chi connectivity index (χ3v) is 5.58. The van der Waals surface area contributed by atoms with Gasteiger partial charge in [0.15, 0.2) is 0 Å². The molecule has 2 heterocycles. The molecular weight excluding hydrogens is 544 g/mol. The highest BCUT2D eigenvalue weighted by atomic mass is 79.9. The Kier molecular flexibility index (Phi) is 8.01. The number of rotatable bonds is 8. The van der Waals surface area contributed by atoms with Crippen LogP contribution in [0.2, 0.25) is 0 Å². The molecule has 190 valence electrons. The number of anilines is 3. The molecule has 0 radical (unpaired) electrons. The minimum Gasteiger partial charge on any atom is -0.456 e. The van der Waals surface area contributed by atoms with Crippen molar-refractivity contribution in [1.29, 1.82) is 0 Å². The number of aromatic nitrogens is 3. The number of nitrogens with zero attached hydrogens (tertiary/aromatic N) is 2. The fourth-order valence-electron chi connectivity index (χ4n) is 3.30. The second-order valence-corrected chi connectivity index (χ2v) is 8.72. The van der Waals surface area contributed by atoms with E-state index in [9.17, 15) is 14.4 Å². The Balaban J connectivity index is 1.42. The molecule has 11 nitrogen and oxygen atoms in total. The molecule has 2 aromatic heterocycles. The Morgan fingerprint density at radius 2 is 1.81 bits per heavy atom. The average molecular weight is 567 g/mol. The van der Waals surface area contributed by atoms with Crippen molar-refractivity contribution < 1.29 is 19.1 Å². The van der Waals surface area contributed by atoms with Crippen LogP contribution in [0.15, 0.2) is 76.1 Å². The summed E-state index contributed by atoms with van der Waals surface area (Å²) < 4.78 is 12.7. The largest absolute Gasteiger partial charge is 0.456 e. The molecule has 0 aliphatic heterocycles. The third-order valence-electron chi connectivity index (χ3n) is 4.96. The van der Waals surface area contributed by atoms with Gasteiger partial charge in [-0.3, -0.25) is 20.0 Å². The average Bonchev–Trinajstić information content (AvgIpc) is 3.21. The molecule has 0 spiro atoms. The van der Waals surface area contributed by atoms with Crippen LogP contribution >= 0.6 is 15.9 Å². The second-order valence-electron chi connectivity index (χ2n) is 7.86. The van der Waals surface area contributed by atoms with E-state index in [0.29, 0.717) is 33.2 Å². The topological polar surface area (TPSA) is 139 Å². The molecule has 0 fully saturated rings. The number of hydrogen-bond acceptors (Lipinski definition) is 6. The van der Waals surface area contributed by atoms with E-state index in [0.717, 1.165) is 5.56 Å². The van der Waals surface area contributed by atoms with Gasteiger partial charge in [0.25, 0.3) is 11.5 Å². The van der Waals surface area contributed by atoms with E-state index in [1.54, 1.807) is 30.3 Å². The molecule has 2 aromatic carbocycles. The Morgan fingerprint density at radius 3 is 2.54 bits per heavy atom. The van der Waals surface area contributed by atoms with E-state index in [1.807, 2.05) is 31.2 Å². The van der Waals surface area contributed by atoms with Gasteiger partial charge in [0.2, 0.25) is 0 Å². The fourth-order valence-corrected chi connectivity index (χ4v) is 3.76. The van der Waals surface area contributed by atoms with Crippen molar-refractivity contribution in [1.82, 2.24) is 14.8 Å². The third kappa shape index (κ3) is 6.84. The molecule has 4 N–H and O–H groups in total. The number of methoxy groups -OCH3 is 1. The summed E-state index contributed by atoms with van der Waals surface area (Å²) in [5.74, 6) is 1.20. The summed E-state index contributed by atoms with van der Waals surface area (Å²) in [5.41, 5.74) is 1.91. The number of benzene rings is 2. The zero-order chi connectivity index (χ0) is 26.4. The van der Waals surface area contributed by atoms with Gasteiger partial charge in [0.1, 0.15) is 29.7 Å². The van der Waals surface area contributed by atoms with Gasteiger partial charge in [-0.05, 0) is 59.3 Å². The SMILES string of the molecule is COCC(=O)Nc1cc(Oc2ccc(NC(=O)Nc3cc(=O)[nH]n3-c3ccc(C)cc3)cc2Br)ccn1. The number of H-pyrrole nitrogens is 1. The number of urea groups is 1. The molecule has 0 aliphatic carbocycles. The summed E-state index contributed by atoms with van der Waals surface area (Å²) >= 11 is 3.44. The van der Waals surface area contributed by atoms with E-state index in [-0.39, 0.29) is 23.9 Å². The predicted molar refractivity (Wildman–Crippen MR) is 143 cm³/mol. The summed E-state index contributed by atoms with van der Waals surface area (Å²) in [7, 11) is 1.43. The van der Waals surface area contributed by atoms with Crippen LogP contribution in [0.4, 0.5) is 22.1 Å². The first kappa shape index (κ1) is 25.7. The van der Waals surface area contributed by atoms with E-state index in [2.05, 4.69) is 42.0 Å². The van der Waals surface area contributed by atoms with Crippen molar-refractivity contribution in [2.45, 2.75) is 6.92 Å². The monoisotopic (exact) mass is 566 g/mol. The van der Waals surface area contributed by atoms with Gasteiger partial charge < -0.3 is 20.1 Å². The van der Waals surface area contributed by atoms with Gasteiger partial charge in [0, 0.05) is 31.1 Å². The van der Waals surface area contributed by atoms with Gasteiger partial charge in [-0.1, -0.05) is 17.7 Å². The van der Waals surface area contributed by atoms with Gasteiger partial charge >= 0.3 is 6.03 Å². The molecule has 4 rings (SSSR count). The Labute approximate surface area is 219 Å². The van der Waals surface area contributed by atoms with E-state index < -0.39 is 6.03 Å². The summed E-state index contributed by atoms with van der Waals surface area (Å²) in [6.45, 7) is 1.87. The number of carbonyl (C=O) groups is 2. The van der Waals surface area contributed by atoms with Crippen LogP contribution in [0.3, 0.4) is 0 Å². The van der Waals surface area contributed by atoms with Gasteiger partial charge in [0.05, 0.1) is 10.2 Å². The zero-order valence-electron chi connectivity index (χ0n) is 19.9. The number of aryl methyl sites for hydroxylation is 1. The van der Waals surface area contributed by atoms with Crippen LogP contribution in [-0.4, -0.2) is 40.4 Å². The summed E-state index contributed by atoms with van der Waals surface area (Å²) in [5, 5.41) is 10.7. The number of aromatic amines is 1. The highest BCUT2D eigenvalue weighted by Crippen LogP contribution is 2.32. The van der Waals surface area contributed by atoms with E-state index in [4.69, 9.17) is 9.47 Å². The normalized spacial score (nSPS) is 10.6. The minimum atomic E-state index is -0.536. The maximum atomic E-state index is 12.6. The molecule has 4 aromatic rings. The smallest absolute Gasteiger partial charge is 0.324 e. The highest BCUT2D eigenvalue weighted by Gasteiger charge is 2.12. The van der Waals surface area contributed by atoms with Crippen LogP contribution in [0.1, 0.15) is 5.56 Å². The van der Waals surface area contributed by atoms with Gasteiger partial charge in [-0.15, -0.1) is 0 Å². The quantitative estimate of drug-likeness (QED) is 0.245. The summed E-state index contributed by atoms with van der Waals surface area (Å²) in [6.07, 6.45) is 1.50. The van der Waals surface area contributed by atoms with Crippen molar-refractivity contribution in [3.63, 3.8) is 0 Å². The molecule has 0 aliphatic rings. The summed E-state index contributed by atoms with van der Waals surface area (Å²) in [6, 6.07) is 16.5. The Bertz CT molecular complexity index is 1480. The van der Waals surface area contributed by atoms with Crippen molar-refractivity contribution in [3.05, 3.63) is 87.3 Å². The molecule has 0 saturated carbocycles. The first-order valence-electron chi connectivity index (χ1n) is 11.0. The maximum Gasteiger partial charge on any atom is 0.324 e. The van der Waals surface area contributed by atoms with Crippen molar-refractivity contribution in [2.24, 2.45) is 0 Å². The summed E-state index contributed by atoms with van der Waals surface area (Å²) in [4.78, 5) is 40.3. The molecule has 37 heavy (non-hydrogen) atoms. The first-order chi connectivity index (χ1) is 17.8. The lowest BCUT2D eigenvalue weighted by Crippen LogP contribution is -2.21. The lowest BCUT2D eigenvalue weighted by Gasteiger charge is -2.13. The van der Waals surface area contributed by atoms with Gasteiger partial charge in [-0.25, -0.2) is 14.5 Å². The standard InChI is InChI=1S/C25H23BrN6O5/c1-15-3-6-17(7-4-15)32-22(13-23(33)31-32)30-25(35)28-16-5-8-20(19(26)11-16)37-18-9-10-27-21(12-18)29-24(34)14-36-2/h3-13H,14H2,1-2H3,(H,31,33)(H,27,29,34)(H2,28,30,35). The first-order valence-corrected chi connectivity index (χ1v) is 11.8. The van der Waals surface area contributed by atoms with Crippen molar-refractivity contribution in [3.8, 4) is 17.2 Å². The van der Waals surface area contributed by atoms with Crippen LogP contribution in [0, 0.1) is 6.92 Å². The van der Waals surface area contributed by atoms with Crippen LogP contribution in [-0.2, 0) is 9.53 Å². The predicted octanol–water partition coefficient (Wildman–Crippen LogP) is 4.65. The molecule has 3 amide bonds. The second kappa shape index (κ2) is 11.5. The minimum absolute atomic E-state index is 0.0888. The maximum absolute atomic E-state index is 12.6. The van der Waals surface area contributed by atoms with Gasteiger partial charge in [-0.2, -0.15) is 0 Å².